The standard InChI is InChI=1S/C12H6F2N2O/c13-8-4-3-7(6-9(8)14)11-16-10-2-1-5-15-12(10)17-11/h1-6H. The first-order valence-electron chi connectivity index (χ1n) is 4.91. The second kappa shape index (κ2) is 3.62. The highest BCUT2D eigenvalue weighted by Gasteiger charge is 2.11. The van der Waals surface area contributed by atoms with Crippen LogP contribution in [0.1, 0.15) is 0 Å². The van der Waals surface area contributed by atoms with Crippen LogP contribution in [0, 0.1) is 11.6 Å². The van der Waals surface area contributed by atoms with Gasteiger partial charge in [0.2, 0.25) is 11.6 Å². The molecule has 5 heteroatoms. The van der Waals surface area contributed by atoms with Crippen LogP contribution >= 0.6 is 0 Å². The van der Waals surface area contributed by atoms with Crippen molar-refractivity contribution < 1.29 is 13.2 Å². The van der Waals surface area contributed by atoms with Crippen molar-refractivity contribution in [3.05, 3.63) is 48.2 Å². The molecule has 0 fully saturated rings. The first kappa shape index (κ1) is 9.89. The molecule has 0 radical (unpaired) electrons. The van der Waals surface area contributed by atoms with Crippen molar-refractivity contribution in [2.24, 2.45) is 0 Å². The van der Waals surface area contributed by atoms with E-state index in [1.54, 1.807) is 18.3 Å². The SMILES string of the molecule is Fc1ccc(-c2nc3cccnc3o2)cc1F. The molecule has 1 aromatic carbocycles. The topological polar surface area (TPSA) is 38.9 Å². The Morgan fingerprint density at radius 1 is 1.06 bits per heavy atom. The maximum atomic E-state index is 13.1. The summed E-state index contributed by atoms with van der Waals surface area (Å²) < 4.78 is 31.2. The smallest absolute Gasteiger partial charge is 0.247 e. The third-order valence-electron chi connectivity index (χ3n) is 2.33. The summed E-state index contributed by atoms with van der Waals surface area (Å²) in [4.78, 5) is 8.11. The molecule has 0 N–H and O–H groups in total. The molecule has 0 bridgehead atoms. The number of hydrogen-bond donors (Lipinski definition) is 0. The van der Waals surface area contributed by atoms with Crippen LogP contribution in [-0.4, -0.2) is 9.97 Å². The highest BCUT2D eigenvalue weighted by molar-refractivity contribution is 5.72. The highest BCUT2D eigenvalue weighted by Crippen LogP contribution is 2.24. The number of nitrogens with zero attached hydrogens (tertiary/aromatic N) is 2. The Hall–Kier alpha value is -2.30. The van der Waals surface area contributed by atoms with Gasteiger partial charge >= 0.3 is 0 Å². The predicted molar refractivity (Wildman–Crippen MR) is 57.2 cm³/mol. The minimum Gasteiger partial charge on any atom is -0.418 e. The quantitative estimate of drug-likeness (QED) is 0.646. The van der Waals surface area contributed by atoms with Crippen molar-refractivity contribution in [2.45, 2.75) is 0 Å². The molecule has 3 nitrogen and oxygen atoms in total. The van der Waals surface area contributed by atoms with Gasteiger partial charge in [0.15, 0.2) is 11.6 Å². The average molecular weight is 232 g/mol. The Balaban J connectivity index is 2.17. The van der Waals surface area contributed by atoms with E-state index >= 15 is 0 Å². The summed E-state index contributed by atoms with van der Waals surface area (Å²) in [5.41, 5.74) is 1.32. The van der Waals surface area contributed by atoms with Crippen LogP contribution in [0.3, 0.4) is 0 Å². The van der Waals surface area contributed by atoms with Gasteiger partial charge in [0.1, 0.15) is 5.52 Å². The van der Waals surface area contributed by atoms with Gasteiger partial charge in [-0.3, -0.25) is 0 Å². The molecule has 0 saturated heterocycles. The van der Waals surface area contributed by atoms with Crippen LogP contribution in [0.5, 0.6) is 0 Å². The van der Waals surface area contributed by atoms with Gasteiger partial charge in [-0.1, -0.05) is 0 Å². The maximum Gasteiger partial charge on any atom is 0.247 e. The number of pyridine rings is 1. The molecular weight excluding hydrogens is 226 g/mol. The largest absolute Gasteiger partial charge is 0.418 e. The van der Waals surface area contributed by atoms with Gasteiger partial charge in [-0.05, 0) is 30.3 Å². The summed E-state index contributed by atoms with van der Waals surface area (Å²) in [5, 5.41) is 0. The molecule has 17 heavy (non-hydrogen) atoms. The molecule has 0 spiro atoms. The molecule has 0 aliphatic rings. The molecule has 3 aromatic rings. The second-order valence-corrected chi connectivity index (χ2v) is 3.48. The molecule has 0 aliphatic heterocycles. The summed E-state index contributed by atoms with van der Waals surface area (Å²) in [7, 11) is 0. The summed E-state index contributed by atoms with van der Waals surface area (Å²) >= 11 is 0. The van der Waals surface area contributed by atoms with Crippen molar-refractivity contribution >= 4 is 11.2 Å². The van der Waals surface area contributed by atoms with E-state index in [4.69, 9.17) is 4.42 Å². The predicted octanol–water partition coefficient (Wildman–Crippen LogP) is 3.17. The van der Waals surface area contributed by atoms with Gasteiger partial charge in [-0.2, -0.15) is 0 Å². The number of hydrogen-bond acceptors (Lipinski definition) is 3. The van der Waals surface area contributed by atoms with Crippen LogP contribution in [0.2, 0.25) is 0 Å². The number of benzene rings is 1. The molecule has 84 valence electrons. The van der Waals surface area contributed by atoms with Crippen LogP contribution in [0.25, 0.3) is 22.7 Å². The van der Waals surface area contributed by atoms with Crippen molar-refractivity contribution in [3.63, 3.8) is 0 Å². The van der Waals surface area contributed by atoms with E-state index in [1.165, 1.54) is 6.07 Å². The van der Waals surface area contributed by atoms with Crippen molar-refractivity contribution in [2.75, 3.05) is 0 Å². The Bertz CT molecular complexity index is 661. The summed E-state index contributed by atoms with van der Waals surface area (Å²) in [6.45, 7) is 0. The van der Waals surface area contributed by atoms with Crippen molar-refractivity contribution in [1.29, 1.82) is 0 Å². The summed E-state index contributed by atoms with van der Waals surface area (Å²) in [6, 6.07) is 6.94. The van der Waals surface area contributed by atoms with Gasteiger partial charge in [0, 0.05) is 11.8 Å². The lowest BCUT2D eigenvalue weighted by atomic mass is 10.2. The summed E-state index contributed by atoms with van der Waals surface area (Å²) in [6.07, 6.45) is 1.57. The molecule has 0 aliphatic carbocycles. The number of halogens is 2. The lowest BCUT2D eigenvalue weighted by Gasteiger charge is -1.95. The lowest BCUT2D eigenvalue weighted by Crippen LogP contribution is -1.85. The fourth-order valence-corrected chi connectivity index (χ4v) is 1.52. The van der Waals surface area contributed by atoms with Crippen molar-refractivity contribution in [3.8, 4) is 11.5 Å². The molecule has 2 heterocycles. The molecule has 0 saturated carbocycles. The molecule has 2 aromatic heterocycles. The number of rotatable bonds is 1. The van der Waals surface area contributed by atoms with E-state index < -0.39 is 11.6 Å². The Morgan fingerprint density at radius 2 is 1.94 bits per heavy atom. The molecule has 3 rings (SSSR count). The normalized spacial score (nSPS) is 10.9. The number of oxazole rings is 1. The number of fused-ring (bicyclic) bond motifs is 1. The first-order valence-corrected chi connectivity index (χ1v) is 4.91. The van der Waals surface area contributed by atoms with Gasteiger partial charge in [0.25, 0.3) is 0 Å². The van der Waals surface area contributed by atoms with Gasteiger partial charge < -0.3 is 4.42 Å². The lowest BCUT2D eigenvalue weighted by molar-refractivity contribution is 0.508. The highest BCUT2D eigenvalue weighted by atomic mass is 19.2. The van der Waals surface area contributed by atoms with E-state index in [9.17, 15) is 8.78 Å². The van der Waals surface area contributed by atoms with Crippen LogP contribution < -0.4 is 0 Å². The van der Waals surface area contributed by atoms with E-state index in [1.807, 2.05) is 0 Å². The number of aromatic nitrogens is 2. The Morgan fingerprint density at radius 3 is 2.71 bits per heavy atom. The zero-order chi connectivity index (χ0) is 11.8. The van der Waals surface area contributed by atoms with E-state index in [0.717, 1.165) is 12.1 Å². The van der Waals surface area contributed by atoms with Crippen molar-refractivity contribution in [1.82, 2.24) is 9.97 Å². The van der Waals surface area contributed by atoms with Crippen LogP contribution in [0.15, 0.2) is 40.9 Å². The fraction of sp³-hybridized carbons (Fsp3) is 0. The van der Waals surface area contributed by atoms with Gasteiger partial charge in [-0.15, -0.1) is 0 Å². The fourth-order valence-electron chi connectivity index (χ4n) is 1.52. The average Bonchev–Trinajstić information content (AvgIpc) is 2.76. The van der Waals surface area contributed by atoms with Crippen LogP contribution in [0.4, 0.5) is 8.78 Å². The molecular formula is C12H6F2N2O. The third kappa shape index (κ3) is 1.65. The van der Waals surface area contributed by atoms with E-state index in [2.05, 4.69) is 9.97 Å². The van der Waals surface area contributed by atoms with Gasteiger partial charge in [-0.25, -0.2) is 18.7 Å². The zero-order valence-electron chi connectivity index (χ0n) is 8.52. The maximum absolute atomic E-state index is 13.1. The first-order chi connectivity index (χ1) is 8.24. The zero-order valence-corrected chi connectivity index (χ0v) is 8.52. The van der Waals surface area contributed by atoms with E-state index in [-0.39, 0.29) is 5.89 Å². The van der Waals surface area contributed by atoms with Gasteiger partial charge in [0.05, 0.1) is 0 Å². The molecule has 0 amide bonds. The van der Waals surface area contributed by atoms with E-state index in [0.29, 0.717) is 16.8 Å². The minimum absolute atomic E-state index is 0.220. The minimum atomic E-state index is -0.933. The third-order valence-corrected chi connectivity index (χ3v) is 2.33. The Labute approximate surface area is 94.7 Å². The monoisotopic (exact) mass is 232 g/mol. The summed E-state index contributed by atoms with van der Waals surface area (Å²) in [5.74, 6) is -1.61. The molecule has 0 atom stereocenters. The molecule has 0 unspecified atom stereocenters. The second-order valence-electron chi connectivity index (χ2n) is 3.48. The van der Waals surface area contributed by atoms with Crippen LogP contribution in [-0.2, 0) is 0 Å². The Kier molecular flexibility index (Phi) is 2.11.